The number of aryl methyl sites for hydroxylation is 1. The SMILES string of the molecule is C1=Cc2c(cccc2N(c2ccc(-c3ccccc3)cc2)c2ccc(-c3cccc(-c4ccc(N(c5ccc(-c6ccccc6)cc5)c5cccc6ccccc56)cc4)c3)cc2)CC1. The van der Waals surface area contributed by atoms with Gasteiger partial charge in [-0.25, -0.2) is 0 Å². The molecule has 0 aromatic heterocycles. The molecule has 2 heteroatoms. The molecule has 0 atom stereocenters. The molecule has 1 aliphatic rings. The van der Waals surface area contributed by atoms with Gasteiger partial charge in [-0.05, 0) is 135 Å². The summed E-state index contributed by atoms with van der Waals surface area (Å²) in [5, 5.41) is 2.43. The summed E-state index contributed by atoms with van der Waals surface area (Å²) >= 11 is 0. The summed E-state index contributed by atoms with van der Waals surface area (Å²) in [6, 6.07) is 88.0. The lowest BCUT2D eigenvalue weighted by atomic mass is 9.94. The van der Waals surface area contributed by atoms with Gasteiger partial charge in [-0.1, -0.05) is 188 Å². The second kappa shape index (κ2) is 17.3. The number of hydrogen-bond acceptors (Lipinski definition) is 2. The van der Waals surface area contributed by atoms with E-state index in [0.717, 1.165) is 41.3 Å². The van der Waals surface area contributed by atoms with Crippen molar-refractivity contribution in [2.24, 2.45) is 0 Å². The zero-order valence-electron chi connectivity index (χ0n) is 35.6. The second-order valence-corrected chi connectivity index (χ2v) is 16.5. The van der Waals surface area contributed by atoms with Crippen molar-refractivity contribution in [1.82, 2.24) is 0 Å². The number of fused-ring (bicyclic) bond motifs is 2. The van der Waals surface area contributed by atoms with Gasteiger partial charge in [-0.3, -0.25) is 0 Å². The molecule has 1 aliphatic carbocycles. The molecule has 10 aromatic carbocycles. The normalized spacial score (nSPS) is 11.9. The minimum Gasteiger partial charge on any atom is -0.310 e. The quantitative estimate of drug-likeness (QED) is 0.136. The predicted octanol–water partition coefficient (Wildman–Crippen LogP) is 17.4. The van der Waals surface area contributed by atoms with Crippen LogP contribution in [0.4, 0.5) is 34.1 Å². The van der Waals surface area contributed by atoms with E-state index in [9.17, 15) is 0 Å². The Labute approximate surface area is 376 Å². The van der Waals surface area contributed by atoms with Gasteiger partial charge in [-0.2, -0.15) is 0 Å². The van der Waals surface area contributed by atoms with Crippen LogP contribution in [0.15, 0.2) is 249 Å². The highest BCUT2D eigenvalue weighted by Crippen LogP contribution is 2.43. The lowest BCUT2D eigenvalue weighted by Gasteiger charge is -2.29. The van der Waals surface area contributed by atoms with Gasteiger partial charge in [0.15, 0.2) is 0 Å². The first kappa shape index (κ1) is 38.7. The molecule has 11 rings (SSSR count). The van der Waals surface area contributed by atoms with Gasteiger partial charge >= 0.3 is 0 Å². The molecule has 10 aromatic rings. The number of allylic oxidation sites excluding steroid dienone is 1. The molecule has 0 aliphatic heterocycles. The molecule has 0 heterocycles. The monoisotopic (exact) mass is 818 g/mol. The molecule has 0 saturated heterocycles. The maximum absolute atomic E-state index is 2.41. The van der Waals surface area contributed by atoms with Crippen LogP contribution in [0.1, 0.15) is 17.5 Å². The molecule has 0 amide bonds. The standard InChI is InChI=1S/C62H46N2/c1-3-14-45(15-4-1)47-28-36-55(37-29-47)63(61-26-12-20-51-18-7-9-24-59(51)61)57-40-32-49(33-41-57)53-22-11-23-54(44-53)50-34-42-58(43-35-50)64(62-27-13-21-52-19-8-10-25-60(52)62)56-38-30-48(31-39-56)46-16-5-2-6-17-46/h1-7,9-18,20-44H,8,19H2. The highest BCUT2D eigenvalue weighted by atomic mass is 15.1. The van der Waals surface area contributed by atoms with Gasteiger partial charge in [0.05, 0.1) is 11.4 Å². The maximum Gasteiger partial charge on any atom is 0.0540 e. The molecular formula is C62H46N2. The second-order valence-electron chi connectivity index (χ2n) is 16.5. The zero-order chi connectivity index (χ0) is 42.7. The largest absolute Gasteiger partial charge is 0.310 e. The fraction of sp³-hybridized carbons (Fsp3) is 0.0323. The molecular weight excluding hydrogens is 773 g/mol. The Balaban J connectivity index is 0.909. The van der Waals surface area contributed by atoms with Crippen molar-refractivity contribution in [3.63, 3.8) is 0 Å². The third-order valence-corrected chi connectivity index (χ3v) is 12.5. The summed E-state index contributed by atoms with van der Waals surface area (Å²) in [6.45, 7) is 0. The smallest absolute Gasteiger partial charge is 0.0540 e. The minimum absolute atomic E-state index is 1.06. The first-order valence-corrected chi connectivity index (χ1v) is 22.2. The fourth-order valence-electron chi connectivity index (χ4n) is 9.25. The molecule has 64 heavy (non-hydrogen) atoms. The molecule has 0 spiro atoms. The van der Waals surface area contributed by atoms with E-state index < -0.39 is 0 Å². The van der Waals surface area contributed by atoms with Crippen molar-refractivity contribution in [1.29, 1.82) is 0 Å². The Morgan fingerprint density at radius 1 is 0.297 bits per heavy atom. The van der Waals surface area contributed by atoms with Crippen LogP contribution >= 0.6 is 0 Å². The van der Waals surface area contributed by atoms with Gasteiger partial charge in [-0.15, -0.1) is 0 Å². The van der Waals surface area contributed by atoms with Crippen LogP contribution in [0.3, 0.4) is 0 Å². The van der Waals surface area contributed by atoms with E-state index in [2.05, 4.69) is 265 Å². The molecule has 0 bridgehead atoms. The van der Waals surface area contributed by atoms with Gasteiger partial charge < -0.3 is 9.80 Å². The average Bonchev–Trinajstić information content (AvgIpc) is 3.38. The summed E-state index contributed by atoms with van der Waals surface area (Å²) < 4.78 is 0. The van der Waals surface area contributed by atoms with Crippen molar-refractivity contribution >= 4 is 51.0 Å². The van der Waals surface area contributed by atoms with Gasteiger partial charge in [0, 0.05) is 33.7 Å². The minimum atomic E-state index is 1.06. The topological polar surface area (TPSA) is 6.48 Å². The van der Waals surface area contributed by atoms with Crippen LogP contribution in [-0.2, 0) is 6.42 Å². The van der Waals surface area contributed by atoms with E-state index in [1.54, 1.807) is 0 Å². The Hall–Kier alpha value is -8.20. The highest BCUT2D eigenvalue weighted by molar-refractivity contribution is 5.99. The lowest BCUT2D eigenvalue weighted by Crippen LogP contribution is -2.13. The van der Waals surface area contributed by atoms with E-state index in [1.807, 2.05) is 0 Å². The van der Waals surface area contributed by atoms with Crippen LogP contribution in [0, 0.1) is 0 Å². The summed E-state index contributed by atoms with van der Waals surface area (Å²) in [5.41, 5.74) is 19.1. The van der Waals surface area contributed by atoms with Crippen LogP contribution in [0.2, 0.25) is 0 Å². The van der Waals surface area contributed by atoms with Crippen molar-refractivity contribution in [2.75, 3.05) is 9.80 Å². The molecule has 0 unspecified atom stereocenters. The number of nitrogens with zero attached hydrogens (tertiary/aromatic N) is 2. The van der Waals surface area contributed by atoms with E-state index in [1.165, 1.54) is 72.1 Å². The predicted molar refractivity (Wildman–Crippen MR) is 272 cm³/mol. The third kappa shape index (κ3) is 7.67. The van der Waals surface area contributed by atoms with Crippen molar-refractivity contribution in [3.8, 4) is 44.5 Å². The zero-order valence-corrected chi connectivity index (χ0v) is 35.6. The third-order valence-electron chi connectivity index (χ3n) is 12.5. The van der Waals surface area contributed by atoms with Crippen molar-refractivity contribution < 1.29 is 0 Å². The average molecular weight is 819 g/mol. The van der Waals surface area contributed by atoms with Crippen molar-refractivity contribution in [3.05, 3.63) is 260 Å². The van der Waals surface area contributed by atoms with E-state index in [0.29, 0.717) is 0 Å². The van der Waals surface area contributed by atoms with Crippen LogP contribution < -0.4 is 9.80 Å². The first-order chi connectivity index (χ1) is 31.7. The molecule has 304 valence electrons. The Morgan fingerprint density at radius 2 is 0.688 bits per heavy atom. The van der Waals surface area contributed by atoms with Crippen LogP contribution in [-0.4, -0.2) is 0 Å². The number of rotatable bonds is 10. The summed E-state index contributed by atoms with van der Waals surface area (Å²) in [7, 11) is 0. The number of benzene rings is 10. The number of hydrogen-bond donors (Lipinski definition) is 0. The Kier molecular flexibility index (Phi) is 10.5. The van der Waals surface area contributed by atoms with Gasteiger partial charge in [0.2, 0.25) is 0 Å². The summed E-state index contributed by atoms with van der Waals surface area (Å²) in [5.74, 6) is 0. The molecule has 0 saturated carbocycles. The highest BCUT2D eigenvalue weighted by Gasteiger charge is 2.20. The lowest BCUT2D eigenvalue weighted by molar-refractivity contribution is 0.984. The Morgan fingerprint density at radius 3 is 1.23 bits per heavy atom. The molecule has 0 radical (unpaired) electrons. The summed E-state index contributed by atoms with van der Waals surface area (Å²) in [4.78, 5) is 4.78. The van der Waals surface area contributed by atoms with E-state index >= 15 is 0 Å². The van der Waals surface area contributed by atoms with Crippen LogP contribution in [0.25, 0.3) is 61.4 Å². The van der Waals surface area contributed by atoms with Crippen molar-refractivity contribution in [2.45, 2.75) is 12.8 Å². The van der Waals surface area contributed by atoms with E-state index in [-0.39, 0.29) is 0 Å². The number of anilines is 6. The van der Waals surface area contributed by atoms with Crippen LogP contribution in [0.5, 0.6) is 0 Å². The summed E-state index contributed by atoms with van der Waals surface area (Å²) in [6.07, 6.45) is 6.74. The molecule has 2 nitrogen and oxygen atoms in total. The Bertz CT molecular complexity index is 3220. The van der Waals surface area contributed by atoms with Gasteiger partial charge in [0.25, 0.3) is 0 Å². The van der Waals surface area contributed by atoms with E-state index in [4.69, 9.17) is 0 Å². The molecule has 0 N–H and O–H groups in total. The first-order valence-electron chi connectivity index (χ1n) is 22.2. The molecule has 0 fully saturated rings. The maximum atomic E-state index is 2.41. The fourth-order valence-corrected chi connectivity index (χ4v) is 9.25. The van der Waals surface area contributed by atoms with Gasteiger partial charge in [0.1, 0.15) is 0 Å².